The van der Waals surface area contributed by atoms with E-state index in [9.17, 15) is 9.59 Å². The van der Waals surface area contributed by atoms with Gasteiger partial charge in [0, 0.05) is 17.0 Å². The molecule has 0 amide bonds. The van der Waals surface area contributed by atoms with Crippen LogP contribution in [0.3, 0.4) is 0 Å². The number of fused-ring (bicyclic) bond motifs is 2. The highest BCUT2D eigenvalue weighted by Gasteiger charge is 2.40. The Morgan fingerprint density at radius 3 is 1.95 bits per heavy atom. The average molecular weight is 296 g/mol. The van der Waals surface area contributed by atoms with Gasteiger partial charge in [-0.1, -0.05) is 36.4 Å². The van der Waals surface area contributed by atoms with Crippen LogP contribution in [0.5, 0.6) is 11.5 Å². The lowest BCUT2D eigenvalue weighted by atomic mass is 9.77. The number of hydrogen-bond donors (Lipinski definition) is 0. The van der Waals surface area contributed by atoms with Gasteiger partial charge >= 0.3 is 5.97 Å². The zero-order valence-corrected chi connectivity index (χ0v) is 12.4. The number of benzene rings is 2. The molecule has 2 aromatic carbocycles. The topological polar surface area (TPSA) is 52.6 Å². The van der Waals surface area contributed by atoms with Crippen molar-refractivity contribution in [3.8, 4) is 11.5 Å². The van der Waals surface area contributed by atoms with Gasteiger partial charge in [0.25, 0.3) is 0 Å². The number of carbonyl (C=O) groups excluding carboxylic acids is 2. The number of esters is 1. The molecule has 0 radical (unpaired) electrons. The largest absolute Gasteiger partial charge is 0.468 e. The monoisotopic (exact) mass is 296 g/mol. The summed E-state index contributed by atoms with van der Waals surface area (Å²) < 4.78 is 10.7. The molecule has 1 aliphatic rings. The van der Waals surface area contributed by atoms with E-state index >= 15 is 0 Å². The Balaban J connectivity index is 2.21. The average Bonchev–Trinajstić information content (AvgIpc) is 2.54. The van der Waals surface area contributed by atoms with E-state index in [0.717, 1.165) is 11.1 Å². The molecule has 4 heteroatoms. The van der Waals surface area contributed by atoms with Gasteiger partial charge in [-0.3, -0.25) is 9.59 Å². The molecule has 3 rings (SSSR count). The molecule has 0 fully saturated rings. The van der Waals surface area contributed by atoms with Crippen molar-refractivity contribution in [3.63, 3.8) is 0 Å². The Hall–Kier alpha value is -2.62. The zero-order chi connectivity index (χ0) is 15.7. The SMILES string of the molecule is COC(=O)C(C(C)=O)C1c2ccccc2Oc2ccccc21. The molecule has 2 aromatic rings. The minimum Gasteiger partial charge on any atom is -0.468 e. The van der Waals surface area contributed by atoms with E-state index in [1.807, 2.05) is 48.5 Å². The fourth-order valence-corrected chi connectivity index (χ4v) is 2.97. The minimum atomic E-state index is -0.879. The van der Waals surface area contributed by atoms with Gasteiger partial charge in [0.1, 0.15) is 23.2 Å². The van der Waals surface area contributed by atoms with E-state index in [2.05, 4.69) is 0 Å². The van der Waals surface area contributed by atoms with Crippen LogP contribution in [0.15, 0.2) is 48.5 Å². The Bertz CT molecular complexity index is 690. The lowest BCUT2D eigenvalue weighted by Crippen LogP contribution is -2.32. The summed E-state index contributed by atoms with van der Waals surface area (Å²) in [4.78, 5) is 24.3. The van der Waals surface area contributed by atoms with Crippen molar-refractivity contribution in [1.82, 2.24) is 0 Å². The quantitative estimate of drug-likeness (QED) is 0.644. The summed E-state index contributed by atoms with van der Waals surface area (Å²) in [5, 5.41) is 0. The van der Waals surface area contributed by atoms with Crippen LogP contribution < -0.4 is 4.74 Å². The molecule has 0 saturated carbocycles. The molecule has 1 unspecified atom stereocenters. The van der Waals surface area contributed by atoms with Gasteiger partial charge in [-0.05, 0) is 19.1 Å². The van der Waals surface area contributed by atoms with Crippen molar-refractivity contribution in [2.45, 2.75) is 12.8 Å². The van der Waals surface area contributed by atoms with Crippen molar-refractivity contribution >= 4 is 11.8 Å². The van der Waals surface area contributed by atoms with Crippen LogP contribution in [-0.2, 0) is 14.3 Å². The highest BCUT2D eigenvalue weighted by Crippen LogP contribution is 2.47. The van der Waals surface area contributed by atoms with Gasteiger partial charge in [-0.15, -0.1) is 0 Å². The number of hydrogen-bond acceptors (Lipinski definition) is 4. The summed E-state index contributed by atoms with van der Waals surface area (Å²) in [5.41, 5.74) is 1.65. The summed E-state index contributed by atoms with van der Waals surface area (Å²) in [6, 6.07) is 14.9. The number of para-hydroxylation sites is 2. The lowest BCUT2D eigenvalue weighted by molar-refractivity contribution is -0.149. The fraction of sp³-hybridized carbons (Fsp3) is 0.222. The maximum Gasteiger partial charge on any atom is 0.317 e. The van der Waals surface area contributed by atoms with Crippen LogP contribution in [0.1, 0.15) is 24.0 Å². The van der Waals surface area contributed by atoms with Crippen molar-refractivity contribution in [1.29, 1.82) is 0 Å². The molecular weight excluding hydrogens is 280 g/mol. The smallest absolute Gasteiger partial charge is 0.317 e. The third kappa shape index (κ3) is 2.26. The van der Waals surface area contributed by atoms with Gasteiger partial charge in [0.15, 0.2) is 0 Å². The molecule has 0 aliphatic carbocycles. The first-order valence-corrected chi connectivity index (χ1v) is 7.07. The Kier molecular flexibility index (Phi) is 3.67. The molecule has 4 nitrogen and oxygen atoms in total. The van der Waals surface area contributed by atoms with Crippen LogP contribution >= 0.6 is 0 Å². The zero-order valence-electron chi connectivity index (χ0n) is 12.4. The summed E-state index contributed by atoms with van der Waals surface area (Å²) in [6.07, 6.45) is 0. The molecule has 0 N–H and O–H groups in total. The number of carbonyl (C=O) groups is 2. The highest BCUT2D eigenvalue weighted by atomic mass is 16.5. The second kappa shape index (κ2) is 5.64. The molecule has 0 spiro atoms. The first-order chi connectivity index (χ1) is 10.6. The number of Topliss-reactive ketones (excluding diaryl/α,β-unsaturated/α-hetero) is 1. The number of rotatable bonds is 3. The van der Waals surface area contributed by atoms with E-state index in [1.54, 1.807) is 0 Å². The molecule has 112 valence electrons. The molecule has 1 atom stereocenters. The molecular formula is C18H16O4. The van der Waals surface area contributed by atoms with Crippen LogP contribution in [0.4, 0.5) is 0 Å². The van der Waals surface area contributed by atoms with Gasteiger partial charge in [0.05, 0.1) is 7.11 Å². The molecule has 1 heterocycles. The van der Waals surface area contributed by atoms with E-state index < -0.39 is 17.8 Å². The second-order valence-electron chi connectivity index (χ2n) is 5.27. The van der Waals surface area contributed by atoms with Crippen molar-refractivity contribution < 1.29 is 19.1 Å². The maximum absolute atomic E-state index is 12.2. The first-order valence-electron chi connectivity index (χ1n) is 7.07. The number of ketones is 1. The number of methoxy groups -OCH3 is 1. The summed E-state index contributed by atoms with van der Waals surface area (Å²) >= 11 is 0. The van der Waals surface area contributed by atoms with Crippen molar-refractivity contribution in [2.24, 2.45) is 5.92 Å². The van der Waals surface area contributed by atoms with Gasteiger partial charge in [-0.2, -0.15) is 0 Å². The predicted octanol–water partition coefficient (Wildman–Crippen LogP) is 3.30. The van der Waals surface area contributed by atoms with Crippen molar-refractivity contribution in [2.75, 3.05) is 7.11 Å². The number of ether oxygens (including phenoxy) is 2. The lowest BCUT2D eigenvalue weighted by Gasteiger charge is -2.31. The Labute approximate surface area is 128 Å². The van der Waals surface area contributed by atoms with Crippen molar-refractivity contribution in [3.05, 3.63) is 59.7 Å². The normalized spacial score (nSPS) is 14.3. The fourth-order valence-electron chi connectivity index (χ4n) is 2.97. The molecule has 1 aliphatic heterocycles. The Morgan fingerprint density at radius 1 is 1.00 bits per heavy atom. The van der Waals surface area contributed by atoms with Gasteiger partial charge in [-0.25, -0.2) is 0 Å². The molecule has 0 aromatic heterocycles. The summed E-state index contributed by atoms with van der Waals surface area (Å²) in [5.74, 6) is -0.683. The third-order valence-electron chi connectivity index (χ3n) is 3.95. The predicted molar refractivity (Wildman–Crippen MR) is 81.0 cm³/mol. The summed E-state index contributed by atoms with van der Waals surface area (Å²) in [7, 11) is 1.30. The third-order valence-corrected chi connectivity index (χ3v) is 3.95. The molecule has 0 saturated heterocycles. The van der Waals surface area contributed by atoms with Crippen LogP contribution in [0, 0.1) is 5.92 Å². The van der Waals surface area contributed by atoms with E-state index in [4.69, 9.17) is 9.47 Å². The highest BCUT2D eigenvalue weighted by molar-refractivity contribution is 5.99. The maximum atomic E-state index is 12.2. The van der Waals surface area contributed by atoms with E-state index in [0.29, 0.717) is 11.5 Å². The Morgan fingerprint density at radius 2 is 1.50 bits per heavy atom. The van der Waals surface area contributed by atoms with Gasteiger partial charge in [0.2, 0.25) is 0 Å². The van der Waals surface area contributed by atoms with Crippen LogP contribution in [0.2, 0.25) is 0 Å². The second-order valence-corrected chi connectivity index (χ2v) is 5.27. The molecule has 22 heavy (non-hydrogen) atoms. The van der Waals surface area contributed by atoms with Crippen LogP contribution in [0.25, 0.3) is 0 Å². The first kappa shape index (κ1) is 14.3. The van der Waals surface area contributed by atoms with Gasteiger partial charge < -0.3 is 9.47 Å². The van der Waals surface area contributed by atoms with E-state index in [1.165, 1.54) is 14.0 Å². The standard InChI is InChI=1S/C18H16O4/c1-11(19)16(18(20)21-2)17-12-7-3-5-9-14(12)22-15-10-6-4-8-13(15)17/h3-10,16-17H,1-2H3. The molecule has 0 bridgehead atoms. The minimum absolute atomic E-state index is 0.219. The van der Waals surface area contributed by atoms with E-state index in [-0.39, 0.29) is 5.78 Å². The van der Waals surface area contributed by atoms with Crippen LogP contribution in [-0.4, -0.2) is 18.9 Å². The summed E-state index contributed by atoms with van der Waals surface area (Å²) in [6.45, 7) is 1.42.